The summed E-state index contributed by atoms with van der Waals surface area (Å²) in [6, 6.07) is 7.62. The zero-order valence-corrected chi connectivity index (χ0v) is 18.3. The molecule has 1 aliphatic carbocycles. The van der Waals surface area contributed by atoms with Gasteiger partial charge in [0.15, 0.2) is 15.5 Å². The molecule has 2 aromatic rings. The molecule has 2 atom stereocenters. The number of hydrogen-bond donors (Lipinski definition) is 1. The van der Waals surface area contributed by atoms with Crippen LogP contribution in [0.25, 0.3) is 0 Å². The van der Waals surface area contributed by atoms with Crippen LogP contribution in [0.4, 0.5) is 13.2 Å². The standard InChI is InChI=1S/C21H26F3N3O3S/c1-14-4-3-5-15(10-14)31(28,29)19(2)8-9-30-17(12-19)16-11-18(21(22,23)24)26-27(16)13-20(25)6-7-20/h3-5,10-11,17H,6-9,12-13,25H2,1-2H3. The van der Waals surface area contributed by atoms with Crippen molar-refractivity contribution >= 4 is 9.84 Å². The van der Waals surface area contributed by atoms with Crippen molar-refractivity contribution in [2.24, 2.45) is 5.73 Å². The van der Waals surface area contributed by atoms with Crippen molar-refractivity contribution < 1.29 is 26.3 Å². The number of nitrogens with two attached hydrogens (primary N) is 1. The van der Waals surface area contributed by atoms with Gasteiger partial charge in [-0.25, -0.2) is 8.42 Å². The zero-order chi connectivity index (χ0) is 22.7. The molecule has 1 aromatic carbocycles. The Bertz CT molecular complexity index is 1090. The minimum Gasteiger partial charge on any atom is -0.372 e. The van der Waals surface area contributed by atoms with Crippen LogP contribution in [0, 0.1) is 6.92 Å². The molecule has 4 rings (SSSR count). The van der Waals surface area contributed by atoms with Gasteiger partial charge in [-0.15, -0.1) is 0 Å². The topological polar surface area (TPSA) is 87.2 Å². The number of nitrogens with zero attached hydrogens (tertiary/aromatic N) is 2. The maximum Gasteiger partial charge on any atom is 0.435 e. The molecule has 170 valence electrons. The number of alkyl halides is 3. The first-order chi connectivity index (χ1) is 14.3. The highest BCUT2D eigenvalue weighted by Gasteiger charge is 2.47. The first kappa shape index (κ1) is 22.3. The van der Waals surface area contributed by atoms with Crippen molar-refractivity contribution in [2.45, 2.75) is 73.5 Å². The van der Waals surface area contributed by atoms with Crippen LogP contribution >= 0.6 is 0 Å². The summed E-state index contributed by atoms with van der Waals surface area (Å²) in [5, 5.41) is 3.74. The highest BCUT2D eigenvalue weighted by Crippen LogP contribution is 2.44. The van der Waals surface area contributed by atoms with Gasteiger partial charge in [0.1, 0.15) is 6.10 Å². The molecular weight excluding hydrogens is 431 g/mol. The number of benzene rings is 1. The fraction of sp³-hybridized carbons (Fsp3) is 0.571. The van der Waals surface area contributed by atoms with Gasteiger partial charge in [0.2, 0.25) is 0 Å². The predicted molar refractivity (Wildman–Crippen MR) is 108 cm³/mol. The van der Waals surface area contributed by atoms with E-state index < -0.39 is 38.1 Å². The van der Waals surface area contributed by atoms with E-state index in [2.05, 4.69) is 5.10 Å². The summed E-state index contributed by atoms with van der Waals surface area (Å²) < 4.78 is 72.8. The fourth-order valence-electron chi connectivity index (χ4n) is 4.04. The van der Waals surface area contributed by atoms with Gasteiger partial charge in [-0.3, -0.25) is 4.68 Å². The lowest BCUT2D eigenvalue weighted by atomic mass is 9.94. The Hall–Kier alpha value is -1.91. The Morgan fingerprint density at radius 2 is 1.97 bits per heavy atom. The summed E-state index contributed by atoms with van der Waals surface area (Å²) in [7, 11) is -3.74. The minimum atomic E-state index is -4.61. The van der Waals surface area contributed by atoms with Crippen molar-refractivity contribution in [3.8, 4) is 0 Å². The van der Waals surface area contributed by atoms with Gasteiger partial charge in [0.05, 0.1) is 21.9 Å². The van der Waals surface area contributed by atoms with Gasteiger partial charge in [-0.1, -0.05) is 12.1 Å². The van der Waals surface area contributed by atoms with Gasteiger partial charge < -0.3 is 10.5 Å². The van der Waals surface area contributed by atoms with Crippen LogP contribution in [0.5, 0.6) is 0 Å². The smallest absolute Gasteiger partial charge is 0.372 e. The molecule has 0 bridgehead atoms. The van der Waals surface area contributed by atoms with Crippen molar-refractivity contribution in [1.29, 1.82) is 0 Å². The summed E-state index contributed by atoms with van der Waals surface area (Å²) in [5.74, 6) is 0. The maximum atomic E-state index is 13.4. The number of aromatic nitrogens is 2. The van der Waals surface area contributed by atoms with E-state index in [-0.39, 0.29) is 36.6 Å². The van der Waals surface area contributed by atoms with E-state index in [0.29, 0.717) is 12.8 Å². The van der Waals surface area contributed by atoms with Crippen LogP contribution in [0.3, 0.4) is 0 Å². The van der Waals surface area contributed by atoms with E-state index >= 15 is 0 Å². The Kier molecular flexibility index (Phi) is 5.26. The third kappa shape index (κ3) is 4.25. The second kappa shape index (κ2) is 7.31. The van der Waals surface area contributed by atoms with Crippen LogP contribution < -0.4 is 5.73 Å². The van der Waals surface area contributed by atoms with Crippen molar-refractivity contribution in [2.75, 3.05) is 6.61 Å². The fourth-order valence-corrected chi connectivity index (χ4v) is 5.93. The normalized spacial score (nSPS) is 26.1. The van der Waals surface area contributed by atoms with Crippen LogP contribution in [0.1, 0.15) is 55.7 Å². The number of hydrogen-bond acceptors (Lipinski definition) is 5. The molecule has 6 nitrogen and oxygen atoms in total. The third-order valence-electron chi connectivity index (χ3n) is 6.30. The second-order valence-electron chi connectivity index (χ2n) is 9.06. The number of sulfone groups is 1. The lowest BCUT2D eigenvalue weighted by Gasteiger charge is -2.38. The van der Waals surface area contributed by atoms with Gasteiger partial charge in [0, 0.05) is 12.1 Å². The average Bonchev–Trinajstić information content (AvgIpc) is 3.23. The Balaban J connectivity index is 1.69. The Labute approximate surface area is 179 Å². The molecule has 1 aromatic heterocycles. The second-order valence-corrected chi connectivity index (χ2v) is 11.5. The molecule has 1 saturated heterocycles. The average molecular weight is 458 g/mol. The number of halogens is 3. The quantitative estimate of drug-likeness (QED) is 0.738. The molecule has 1 saturated carbocycles. The summed E-state index contributed by atoms with van der Waals surface area (Å²) in [6.07, 6.45) is -3.75. The number of ether oxygens (including phenoxy) is 1. The molecule has 31 heavy (non-hydrogen) atoms. The monoisotopic (exact) mass is 457 g/mol. The van der Waals surface area contributed by atoms with Crippen molar-refractivity contribution in [3.63, 3.8) is 0 Å². The molecular formula is C21H26F3N3O3S. The molecule has 2 heterocycles. The lowest BCUT2D eigenvalue weighted by molar-refractivity contribution is -0.141. The Morgan fingerprint density at radius 3 is 2.58 bits per heavy atom. The molecule has 2 fully saturated rings. The zero-order valence-electron chi connectivity index (χ0n) is 17.4. The molecule has 2 aliphatic rings. The van der Waals surface area contributed by atoms with Gasteiger partial charge >= 0.3 is 6.18 Å². The highest BCUT2D eigenvalue weighted by molar-refractivity contribution is 7.92. The van der Waals surface area contributed by atoms with E-state index in [4.69, 9.17) is 10.5 Å². The Morgan fingerprint density at radius 1 is 1.26 bits per heavy atom. The number of aryl methyl sites for hydroxylation is 1. The van der Waals surface area contributed by atoms with Gasteiger partial charge in [0.25, 0.3) is 0 Å². The van der Waals surface area contributed by atoms with Gasteiger partial charge in [-0.05, 0) is 63.3 Å². The summed E-state index contributed by atoms with van der Waals surface area (Å²) >= 11 is 0. The number of rotatable bonds is 5. The van der Waals surface area contributed by atoms with Crippen molar-refractivity contribution in [1.82, 2.24) is 9.78 Å². The van der Waals surface area contributed by atoms with Crippen molar-refractivity contribution in [3.05, 3.63) is 47.3 Å². The van der Waals surface area contributed by atoms with Crippen LogP contribution in [-0.4, -0.2) is 35.1 Å². The molecule has 2 unspecified atom stereocenters. The molecule has 0 amide bonds. The van der Waals surface area contributed by atoms with E-state index in [9.17, 15) is 21.6 Å². The molecule has 10 heteroatoms. The SMILES string of the molecule is Cc1cccc(S(=O)(=O)C2(C)CCOC(c3cc(C(F)(F)F)nn3CC3(N)CC3)C2)c1. The highest BCUT2D eigenvalue weighted by atomic mass is 32.2. The first-order valence-corrected chi connectivity index (χ1v) is 11.7. The van der Waals surface area contributed by atoms with E-state index in [0.717, 1.165) is 11.6 Å². The van der Waals surface area contributed by atoms with E-state index in [1.807, 2.05) is 13.0 Å². The largest absolute Gasteiger partial charge is 0.435 e. The summed E-state index contributed by atoms with van der Waals surface area (Å²) in [6.45, 7) is 3.70. The van der Waals surface area contributed by atoms with Crippen LogP contribution in [0.2, 0.25) is 0 Å². The lowest BCUT2D eigenvalue weighted by Crippen LogP contribution is -2.42. The molecule has 2 N–H and O–H groups in total. The third-order valence-corrected chi connectivity index (χ3v) is 8.85. The molecule has 0 radical (unpaired) electrons. The van der Waals surface area contributed by atoms with Crippen LogP contribution in [0.15, 0.2) is 35.2 Å². The van der Waals surface area contributed by atoms with E-state index in [1.54, 1.807) is 25.1 Å². The summed E-state index contributed by atoms with van der Waals surface area (Å²) in [5.41, 5.74) is 5.57. The van der Waals surface area contributed by atoms with Gasteiger partial charge in [-0.2, -0.15) is 18.3 Å². The first-order valence-electron chi connectivity index (χ1n) is 10.2. The van der Waals surface area contributed by atoms with Crippen LogP contribution in [-0.2, 0) is 27.3 Å². The maximum absolute atomic E-state index is 13.4. The predicted octanol–water partition coefficient (Wildman–Crippen LogP) is 3.79. The van der Waals surface area contributed by atoms with E-state index in [1.165, 1.54) is 4.68 Å². The summed E-state index contributed by atoms with van der Waals surface area (Å²) in [4.78, 5) is 0.207. The minimum absolute atomic E-state index is 0.0316. The molecule has 1 aliphatic heterocycles. The molecule has 0 spiro atoms.